The molecule has 0 spiro atoms. The van der Waals surface area contributed by atoms with Crippen molar-refractivity contribution >= 4 is 17.9 Å². The maximum absolute atomic E-state index is 12.7. The predicted molar refractivity (Wildman–Crippen MR) is 270 cm³/mol. The van der Waals surface area contributed by atoms with Crippen molar-refractivity contribution in [1.29, 1.82) is 0 Å². The van der Waals surface area contributed by atoms with Crippen molar-refractivity contribution in [2.24, 2.45) is 0 Å². The number of carbonyl (C=O) groups excluding carboxylic acids is 3. The van der Waals surface area contributed by atoms with Gasteiger partial charge in [0, 0.05) is 19.3 Å². The first-order valence-electron chi connectivity index (χ1n) is 26.4. The molecule has 0 radical (unpaired) electrons. The van der Waals surface area contributed by atoms with Crippen LogP contribution in [0.25, 0.3) is 0 Å². The van der Waals surface area contributed by atoms with Crippen molar-refractivity contribution in [2.45, 2.75) is 258 Å². The van der Waals surface area contributed by atoms with Gasteiger partial charge in [0.15, 0.2) is 6.10 Å². The molecule has 0 saturated heterocycles. The quantitative estimate of drug-likeness (QED) is 0.0262. The van der Waals surface area contributed by atoms with Gasteiger partial charge in [0.25, 0.3) is 0 Å². The van der Waals surface area contributed by atoms with E-state index in [2.05, 4.69) is 93.7 Å². The molecule has 0 aliphatic heterocycles. The van der Waals surface area contributed by atoms with Gasteiger partial charge in [-0.05, 0) is 89.9 Å². The van der Waals surface area contributed by atoms with E-state index in [1.165, 1.54) is 116 Å². The molecule has 6 nitrogen and oxygen atoms in total. The molecule has 0 amide bonds. The van der Waals surface area contributed by atoms with Crippen LogP contribution < -0.4 is 0 Å². The summed E-state index contributed by atoms with van der Waals surface area (Å²) in [5.41, 5.74) is 0. The van der Waals surface area contributed by atoms with Gasteiger partial charge in [-0.1, -0.05) is 216 Å². The Morgan fingerprint density at radius 1 is 0.333 bits per heavy atom. The topological polar surface area (TPSA) is 78.9 Å². The summed E-state index contributed by atoms with van der Waals surface area (Å²) in [6.07, 6.45) is 65.1. The summed E-state index contributed by atoms with van der Waals surface area (Å²) in [6.45, 7) is 6.39. The summed E-state index contributed by atoms with van der Waals surface area (Å²) in [5, 5.41) is 0. The fourth-order valence-corrected chi connectivity index (χ4v) is 7.23. The summed E-state index contributed by atoms with van der Waals surface area (Å²) in [7, 11) is 0. The molecule has 0 aromatic carbocycles. The molecule has 0 aliphatic rings. The van der Waals surface area contributed by atoms with Gasteiger partial charge < -0.3 is 14.2 Å². The van der Waals surface area contributed by atoms with Gasteiger partial charge in [0.05, 0.1) is 0 Å². The molecule has 0 fully saturated rings. The van der Waals surface area contributed by atoms with Crippen LogP contribution in [0.2, 0.25) is 0 Å². The highest BCUT2D eigenvalue weighted by Gasteiger charge is 2.19. The minimum atomic E-state index is -0.792. The van der Waals surface area contributed by atoms with Gasteiger partial charge in [-0.3, -0.25) is 14.4 Å². The second-order valence-corrected chi connectivity index (χ2v) is 17.4. The van der Waals surface area contributed by atoms with Crippen LogP contribution in [0.1, 0.15) is 252 Å². The number of esters is 3. The lowest BCUT2D eigenvalue weighted by atomic mass is 10.0. The normalized spacial score (nSPS) is 12.6. The Balaban J connectivity index is 4.12. The fourth-order valence-electron chi connectivity index (χ4n) is 7.23. The van der Waals surface area contributed by atoms with E-state index in [-0.39, 0.29) is 37.5 Å². The van der Waals surface area contributed by atoms with Crippen LogP contribution in [-0.4, -0.2) is 37.2 Å². The molecule has 0 heterocycles. The molecule has 0 aromatic heterocycles. The minimum absolute atomic E-state index is 0.0922. The number of allylic oxidation sites excluding steroid dienone is 12. The highest BCUT2D eigenvalue weighted by molar-refractivity contribution is 5.71. The van der Waals surface area contributed by atoms with E-state index in [4.69, 9.17) is 14.2 Å². The zero-order valence-corrected chi connectivity index (χ0v) is 41.3. The lowest BCUT2D eigenvalue weighted by molar-refractivity contribution is -0.167. The summed E-state index contributed by atoms with van der Waals surface area (Å²) in [5.74, 6) is -0.948. The Labute approximate surface area is 389 Å². The van der Waals surface area contributed by atoms with Crippen molar-refractivity contribution in [1.82, 2.24) is 0 Å². The first-order valence-corrected chi connectivity index (χ1v) is 26.4. The van der Waals surface area contributed by atoms with E-state index >= 15 is 0 Å². The van der Waals surface area contributed by atoms with E-state index in [1.54, 1.807) is 0 Å². The molecule has 1 unspecified atom stereocenters. The van der Waals surface area contributed by atoms with Crippen LogP contribution in [-0.2, 0) is 28.6 Å². The smallest absolute Gasteiger partial charge is 0.306 e. The molecule has 6 heteroatoms. The number of carbonyl (C=O) groups is 3. The maximum Gasteiger partial charge on any atom is 0.306 e. The number of ether oxygens (including phenoxy) is 3. The highest BCUT2D eigenvalue weighted by atomic mass is 16.6. The van der Waals surface area contributed by atoms with Gasteiger partial charge in [-0.25, -0.2) is 0 Å². The summed E-state index contributed by atoms with van der Waals surface area (Å²) >= 11 is 0. The Morgan fingerprint density at radius 3 is 1.00 bits per heavy atom. The molecular formula is C57H98O6. The molecule has 63 heavy (non-hydrogen) atoms. The van der Waals surface area contributed by atoms with Crippen LogP contribution in [0.5, 0.6) is 0 Å². The van der Waals surface area contributed by atoms with Gasteiger partial charge in [-0.15, -0.1) is 0 Å². The minimum Gasteiger partial charge on any atom is -0.462 e. The van der Waals surface area contributed by atoms with Crippen molar-refractivity contribution < 1.29 is 28.6 Å². The molecule has 1 atom stereocenters. The maximum atomic E-state index is 12.7. The molecule has 0 aromatic rings. The van der Waals surface area contributed by atoms with Crippen molar-refractivity contribution in [3.05, 3.63) is 72.9 Å². The molecule has 0 bridgehead atoms. The fraction of sp³-hybridized carbons (Fsp3) is 0.737. The lowest BCUT2D eigenvalue weighted by Gasteiger charge is -2.18. The third kappa shape index (κ3) is 49.7. The average Bonchev–Trinajstić information content (AvgIpc) is 3.28. The second-order valence-electron chi connectivity index (χ2n) is 17.4. The predicted octanol–water partition coefficient (Wildman–Crippen LogP) is 17.4. The van der Waals surface area contributed by atoms with Gasteiger partial charge in [0.1, 0.15) is 13.2 Å². The Kier molecular flexibility index (Phi) is 48.9. The van der Waals surface area contributed by atoms with E-state index in [0.29, 0.717) is 19.3 Å². The third-order valence-electron chi connectivity index (χ3n) is 11.2. The standard InChI is InChI=1S/C57H98O6/c1-4-7-10-13-15-17-19-21-23-24-25-26-27-28-29-30-31-32-34-35-37-39-41-44-47-50-56(59)62-53-54(52-61-55(58)49-46-43-12-9-6-3)63-57(60)51-48-45-42-40-38-36-33-22-20-18-16-14-11-8-5-2/h8,11,16,18-19,21-22,24-25,33,38,40,54H,4-7,9-10,12-15,17,20,23,26-32,34-37,39,41-53H2,1-3H3/b11-8-,18-16-,21-19-,25-24-,33-22-,40-38-. The second kappa shape index (κ2) is 51.5. The monoisotopic (exact) mass is 879 g/mol. The van der Waals surface area contributed by atoms with Gasteiger partial charge in [0.2, 0.25) is 0 Å². The molecule has 0 aliphatic carbocycles. The van der Waals surface area contributed by atoms with E-state index in [9.17, 15) is 14.4 Å². The van der Waals surface area contributed by atoms with Gasteiger partial charge >= 0.3 is 17.9 Å². The Bertz CT molecular complexity index is 1190. The van der Waals surface area contributed by atoms with Crippen molar-refractivity contribution in [3.8, 4) is 0 Å². The van der Waals surface area contributed by atoms with Crippen LogP contribution in [0.3, 0.4) is 0 Å². The zero-order valence-electron chi connectivity index (χ0n) is 41.3. The summed E-state index contributed by atoms with van der Waals surface area (Å²) in [4.78, 5) is 37.6. The highest BCUT2D eigenvalue weighted by Crippen LogP contribution is 2.15. The number of unbranched alkanes of at least 4 members (excludes halogenated alkanes) is 24. The van der Waals surface area contributed by atoms with Crippen molar-refractivity contribution in [2.75, 3.05) is 13.2 Å². The van der Waals surface area contributed by atoms with Crippen LogP contribution >= 0.6 is 0 Å². The molecule has 0 rings (SSSR count). The number of hydrogen-bond donors (Lipinski definition) is 0. The van der Waals surface area contributed by atoms with Crippen LogP contribution in [0.15, 0.2) is 72.9 Å². The molecule has 0 N–H and O–H groups in total. The molecule has 0 saturated carbocycles. The van der Waals surface area contributed by atoms with Crippen LogP contribution in [0.4, 0.5) is 0 Å². The Hall–Kier alpha value is -3.15. The summed E-state index contributed by atoms with van der Waals surface area (Å²) < 4.78 is 16.6. The summed E-state index contributed by atoms with van der Waals surface area (Å²) in [6, 6.07) is 0. The molecular weight excluding hydrogens is 781 g/mol. The van der Waals surface area contributed by atoms with E-state index < -0.39 is 6.10 Å². The lowest BCUT2D eigenvalue weighted by Crippen LogP contribution is -2.30. The van der Waals surface area contributed by atoms with Gasteiger partial charge in [-0.2, -0.15) is 0 Å². The van der Waals surface area contributed by atoms with E-state index in [0.717, 1.165) is 89.9 Å². The third-order valence-corrected chi connectivity index (χ3v) is 11.2. The van der Waals surface area contributed by atoms with Crippen LogP contribution in [0, 0.1) is 0 Å². The van der Waals surface area contributed by atoms with E-state index in [1.807, 2.05) is 0 Å². The molecule has 362 valence electrons. The first kappa shape index (κ1) is 59.9. The Morgan fingerprint density at radius 2 is 0.619 bits per heavy atom. The largest absolute Gasteiger partial charge is 0.462 e. The van der Waals surface area contributed by atoms with Crippen molar-refractivity contribution in [3.63, 3.8) is 0 Å². The average molecular weight is 879 g/mol. The number of hydrogen-bond acceptors (Lipinski definition) is 6. The zero-order chi connectivity index (χ0) is 45.8. The number of rotatable bonds is 47. The first-order chi connectivity index (χ1) is 31.0. The SMILES string of the molecule is CC/C=C\C/C=C\C/C=C\C/C=C\CCCCC(=O)OC(COC(=O)CCCCCCC)COC(=O)CCCCCCCCCCCCCCC/C=C\C/C=C\CCCCCCC.